The van der Waals surface area contributed by atoms with Gasteiger partial charge in [-0.25, -0.2) is 5.43 Å². The summed E-state index contributed by atoms with van der Waals surface area (Å²) in [6.07, 6.45) is 1.60. The van der Waals surface area contributed by atoms with Crippen molar-refractivity contribution in [2.45, 2.75) is 19.8 Å². The van der Waals surface area contributed by atoms with E-state index < -0.39 is 0 Å². The number of benzene rings is 2. The van der Waals surface area contributed by atoms with Gasteiger partial charge in [-0.05, 0) is 42.0 Å². The van der Waals surface area contributed by atoms with Crippen molar-refractivity contribution in [1.82, 2.24) is 5.43 Å². The summed E-state index contributed by atoms with van der Waals surface area (Å²) >= 11 is 0. The van der Waals surface area contributed by atoms with E-state index in [1.165, 1.54) is 6.92 Å². The second-order valence-electron chi connectivity index (χ2n) is 6.59. The highest BCUT2D eigenvalue weighted by Gasteiger charge is 2.07. The molecule has 0 aliphatic rings. The third-order valence-electron chi connectivity index (χ3n) is 3.88. The van der Waals surface area contributed by atoms with E-state index in [-0.39, 0.29) is 30.6 Å². The van der Waals surface area contributed by atoms with E-state index in [1.807, 2.05) is 43.3 Å². The number of hydrazone groups is 1. The molecule has 0 aromatic heterocycles. The number of hydrogen-bond donors (Lipinski definition) is 3. The lowest BCUT2D eigenvalue weighted by Gasteiger charge is -2.11. The standard InChI is InChI=1S/C21H25N5O3/c1-15(27)23-17-6-8-18(9-7-17)24-20(28)12-13-21(29)25-22-14-16-4-10-19(11-5-16)26(2)3/h4-11,14H,12-13H2,1-3H3,(H,23,27)(H,24,28)(H,25,29)/b22-14+. The lowest BCUT2D eigenvalue weighted by Crippen LogP contribution is -2.20. The summed E-state index contributed by atoms with van der Waals surface area (Å²) in [5, 5.41) is 9.25. The smallest absolute Gasteiger partial charge is 0.240 e. The Hall–Kier alpha value is -3.68. The van der Waals surface area contributed by atoms with Gasteiger partial charge in [-0.15, -0.1) is 0 Å². The summed E-state index contributed by atoms with van der Waals surface area (Å²) in [4.78, 5) is 36.8. The van der Waals surface area contributed by atoms with Gasteiger partial charge in [-0.3, -0.25) is 14.4 Å². The molecule has 0 saturated heterocycles. The van der Waals surface area contributed by atoms with Crippen LogP contribution in [0.15, 0.2) is 53.6 Å². The first-order chi connectivity index (χ1) is 13.8. The summed E-state index contributed by atoms with van der Waals surface area (Å²) < 4.78 is 0. The quantitative estimate of drug-likeness (QED) is 0.472. The monoisotopic (exact) mass is 395 g/mol. The van der Waals surface area contributed by atoms with Crippen LogP contribution in [0.1, 0.15) is 25.3 Å². The Kier molecular flexibility index (Phi) is 7.90. The van der Waals surface area contributed by atoms with Gasteiger partial charge in [0.15, 0.2) is 0 Å². The van der Waals surface area contributed by atoms with Crippen molar-refractivity contribution in [2.75, 3.05) is 29.6 Å². The molecule has 8 nitrogen and oxygen atoms in total. The zero-order chi connectivity index (χ0) is 21.2. The van der Waals surface area contributed by atoms with Crippen LogP contribution in [0.4, 0.5) is 17.1 Å². The van der Waals surface area contributed by atoms with Crippen molar-refractivity contribution < 1.29 is 14.4 Å². The molecule has 0 spiro atoms. The molecule has 0 aliphatic heterocycles. The van der Waals surface area contributed by atoms with E-state index in [9.17, 15) is 14.4 Å². The predicted molar refractivity (Wildman–Crippen MR) is 115 cm³/mol. The topological polar surface area (TPSA) is 103 Å². The molecule has 3 N–H and O–H groups in total. The van der Waals surface area contributed by atoms with Gasteiger partial charge in [0.05, 0.1) is 6.21 Å². The molecule has 0 unspecified atom stereocenters. The number of nitrogens with one attached hydrogen (secondary N) is 3. The first-order valence-corrected chi connectivity index (χ1v) is 9.10. The van der Waals surface area contributed by atoms with Crippen molar-refractivity contribution in [3.05, 3.63) is 54.1 Å². The van der Waals surface area contributed by atoms with E-state index in [0.29, 0.717) is 11.4 Å². The molecule has 152 valence electrons. The largest absolute Gasteiger partial charge is 0.378 e. The van der Waals surface area contributed by atoms with Crippen LogP contribution in [0.25, 0.3) is 0 Å². The van der Waals surface area contributed by atoms with Crippen LogP contribution in [0.3, 0.4) is 0 Å². The number of carbonyl (C=O) groups excluding carboxylic acids is 3. The SMILES string of the molecule is CC(=O)Nc1ccc(NC(=O)CCC(=O)N/N=C/c2ccc(N(C)C)cc2)cc1. The fraction of sp³-hybridized carbons (Fsp3) is 0.238. The molecule has 2 rings (SSSR count). The third kappa shape index (κ3) is 7.84. The highest BCUT2D eigenvalue weighted by atomic mass is 16.2. The normalized spacial score (nSPS) is 10.4. The average molecular weight is 395 g/mol. The molecular weight excluding hydrogens is 370 g/mol. The zero-order valence-electron chi connectivity index (χ0n) is 16.7. The maximum atomic E-state index is 12.0. The molecule has 0 aliphatic carbocycles. The van der Waals surface area contributed by atoms with E-state index in [0.717, 1.165) is 11.3 Å². The van der Waals surface area contributed by atoms with Crippen molar-refractivity contribution in [3.63, 3.8) is 0 Å². The minimum atomic E-state index is -0.345. The highest BCUT2D eigenvalue weighted by molar-refractivity contribution is 5.94. The number of amides is 3. The number of carbonyl (C=O) groups is 3. The maximum Gasteiger partial charge on any atom is 0.240 e. The Labute approximate surface area is 170 Å². The van der Waals surface area contributed by atoms with Crippen molar-refractivity contribution in [3.8, 4) is 0 Å². The molecule has 0 fully saturated rings. The Balaban J connectivity index is 1.72. The molecule has 0 bridgehead atoms. The van der Waals surface area contributed by atoms with Crippen molar-refractivity contribution in [1.29, 1.82) is 0 Å². The number of nitrogens with zero attached hydrogens (tertiary/aromatic N) is 2. The average Bonchev–Trinajstić information content (AvgIpc) is 2.68. The Morgan fingerprint density at radius 1 is 0.862 bits per heavy atom. The van der Waals surface area contributed by atoms with Gasteiger partial charge in [0.25, 0.3) is 0 Å². The van der Waals surface area contributed by atoms with Gasteiger partial charge < -0.3 is 15.5 Å². The van der Waals surface area contributed by atoms with E-state index >= 15 is 0 Å². The second kappa shape index (κ2) is 10.6. The molecular formula is C21H25N5O3. The summed E-state index contributed by atoms with van der Waals surface area (Å²) in [6, 6.07) is 14.4. The van der Waals surface area contributed by atoms with Crippen LogP contribution in [-0.2, 0) is 14.4 Å². The second-order valence-corrected chi connectivity index (χ2v) is 6.59. The fourth-order valence-corrected chi connectivity index (χ4v) is 2.38. The Morgan fingerprint density at radius 3 is 1.97 bits per heavy atom. The number of anilines is 3. The molecule has 29 heavy (non-hydrogen) atoms. The highest BCUT2D eigenvalue weighted by Crippen LogP contribution is 2.14. The van der Waals surface area contributed by atoms with Gasteiger partial charge in [0.1, 0.15) is 0 Å². The number of rotatable bonds is 8. The first kappa shape index (κ1) is 21.6. The molecule has 8 heteroatoms. The van der Waals surface area contributed by atoms with Gasteiger partial charge in [-0.2, -0.15) is 5.10 Å². The first-order valence-electron chi connectivity index (χ1n) is 9.10. The fourth-order valence-electron chi connectivity index (χ4n) is 2.38. The van der Waals surface area contributed by atoms with Crippen molar-refractivity contribution >= 4 is 41.0 Å². The van der Waals surface area contributed by atoms with Crippen LogP contribution in [0.2, 0.25) is 0 Å². The third-order valence-corrected chi connectivity index (χ3v) is 3.88. The predicted octanol–water partition coefficient (Wildman–Crippen LogP) is 2.58. The van der Waals surface area contributed by atoms with Crippen LogP contribution in [0, 0.1) is 0 Å². The summed E-state index contributed by atoms with van der Waals surface area (Å²) in [7, 11) is 3.92. The van der Waals surface area contributed by atoms with Crippen LogP contribution >= 0.6 is 0 Å². The van der Waals surface area contributed by atoms with Gasteiger partial charge in [0, 0.05) is 50.9 Å². The number of hydrogen-bond acceptors (Lipinski definition) is 5. The summed E-state index contributed by atoms with van der Waals surface area (Å²) in [6.45, 7) is 1.42. The molecule has 2 aromatic carbocycles. The molecule has 0 saturated carbocycles. The van der Waals surface area contributed by atoms with Gasteiger partial charge >= 0.3 is 0 Å². The van der Waals surface area contributed by atoms with Gasteiger partial charge in [-0.1, -0.05) is 12.1 Å². The van der Waals surface area contributed by atoms with Crippen molar-refractivity contribution in [2.24, 2.45) is 5.10 Å². The van der Waals surface area contributed by atoms with E-state index in [1.54, 1.807) is 30.5 Å². The lowest BCUT2D eigenvalue weighted by atomic mass is 10.2. The lowest BCUT2D eigenvalue weighted by molar-refractivity contribution is -0.124. The van der Waals surface area contributed by atoms with Crippen LogP contribution in [0.5, 0.6) is 0 Å². The Bertz CT molecular complexity index is 874. The molecule has 3 amide bonds. The molecule has 2 aromatic rings. The molecule has 0 atom stereocenters. The summed E-state index contributed by atoms with van der Waals surface area (Å²) in [5.74, 6) is -0.793. The molecule has 0 heterocycles. The van der Waals surface area contributed by atoms with E-state index in [2.05, 4.69) is 21.2 Å². The van der Waals surface area contributed by atoms with Gasteiger partial charge in [0.2, 0.25) is 17.7 Å². The Morgan fingerprint density at radius 2 is 1.41 bits per heavy atom. The maximum absolute atomic E-state index is 12.0. The van der Waals surface area contributed by atoms with E-state index in [4.69, 9.17) is 0 Å². The minimum absolute atomic E-state index is 0.0206. The van der Waals surface area contributed by atoms with Crippen LogP contribution in [-0.4, -0.2) is 38.0 Å². The zero-order valence-corrected chi connectivity index (χ0v) is 16.7. The molecule has 0 radical (unpaired) electrons. The van der Waals surface area contributed by atoms with Crippen LogP contribution < -0.4 is 21.0 Å². The minimum Gasteiger partial charge on any atom is -0.378 e. The summed E-state index contributed by atoms with van der Waals surface area (Å²) in [5.41, 5.74) is 5.57.